The maximum Gasteiger partial charge on any atom is 0.328 e. The number of aromatic hydroxyl groups is 1. The van der Waals surface area contributed by atoms with Crippen LogP contribution in [0.4, 0.5) is 4.39 Å². The molecule has 158 valence electrons. The molecule has 1 saturated heterocycles. The van der Waals surface area contributed by atoms with E-state index in [-0.39, 0.29) is 16.9 Å². The van der Waals surface area contributed by atoms with E-state index in [4.69, 9.17) is 0 Å². The Balaban J connectivity index is 1.79. The number of pyridine rings is 1. The van der Waals surface area contributed by atoms with Crippen molar-refractivity contribution >= 4 is 38.3 Å². The van der Waals surface area contributed by atoms with Crippen LogP contribution in [-0.4, -0.2) is 27.7 Å². The summed E-state index contributed by atoms with van der Waals surface area (Å²) >= 11 is 1.30. The number of aryl methyl sites for hydroxylation is 1. The molecule has 6 nitrogen and oxygen atoms in total. The van der Waals surface area contributed by atoms with E-state index in [9.17, 15) is 19.8 Å². The second-order valence-electron chi connectivity index (χ2n) is 7.89. The summed E-state index contributed by atoms with van der Waals surface area (Å²) in [6.45, 7) is 2.28. The number of carboxylic acid groups (broad SMARTS) is 1. The molecule has 0 spiro atoms. The Bertz CT molecular complexity index is 1430. The number of thiophene rings is 1. The summed E-state index contributed by atoms with van der Waals surface area (Å²) in [5, 5.41) is 26.6. The van der Waals surface area contributed by atoms with Crippen LogP contribution >= 0.6 is 11.3 Å². The fraction of sp³-hybridized carbons (Fsp3) is 0.217. The lowest BCUT2D eigenvalue weighted by Gasteiger charge is -2.26. The van der Waals surface area contributed by atoms with E-state index in [0.29, 0.717) is 57.1 Å². The number of phenols is 1. The quantitative estimate of drug-likeness (QED) is 0.383. The van der Waals surface area contributed by atoms with E-state index in [1.807, 2.05) is 6.07 Å². The number of carboxylic acids is 1. The van der Waals surface area contributed by atoms with Crippen molar-refractivity contribution in [2.24, 2.45) is 0 Å². The van der Waals surface area contributed by atoms with E-state index in [1.54, 1.807) is 18.4 Å². The smallest absolute Gasteiger partial charge is 0.328 e. The number of H-pyrrole nitrogens is 1. The minimum Gasteiger partial charge on any atom is -0.507 e. The number of fused-ring (bicyclic) bond motifs is 3. The molecule has 0 saturated carbocycles. The molecule has 2 aromatic heterocycles. The number of hydrogen-bond donors (Lipinski definition) is 4. The summed E-state index contributed by atoms with van der Waals surface area (Å²) in [7, 11) is 0. The molecule has 8 heteroatoms. The summed E-state index contributed by atoms with van der Waals surface area (Å²) in [5.74, 6) is -1.81. The van der Waals surface area contributed by atoms with Gasteiger partial charge in [-0.25, -0.2) is 9.18 Å². The molecule has 4 aromatic rings. The summed E-state index contributed by atoms with van der Waals surface area (Å²) in [6.07, 6.45) is 0.939. The standard InChI is InChI=1S/C23H19FN2O4S/c1-11-9-16(27)17(18-13-5-8-31-20(13)21(28)26-19(11)18)12-3-4-14(15(24)10-12)23(22(29)30)6-2-7-25-23/h3-5,8-10,25,27H,2,6-7H2,1H3,(H,26,28)(H,29,30)/t23-/m1/s1. The molecule has 5 rings (SSSR count). The first kappa shape index (κ1) is 19.7. The fourth-order valence-electron chi connectivity index (χ4n) is 4.66. The highest BCUT2D eigenvalue weighted by Crippen LogP contribution is 2.42. The summed E-state index contributed by atoms with van der Waals surface area (Å²) in [6, 6.07) is 7.70. The van der Waals surface area contributed by atoms with Crippen molar-refractivity contribution in [1.29, 1.82) is 0 Å². The van der Waals surface area contributed by atoms with Crippen molar-refractivity contribution in [3.63, 3.8) is 0 Å². The number of rotatable bonds is 3. The highest BCUT2D eigenvalue weighted by Gasteiger charge is 2.44. The van der Waals surface area contributed by atoms with E-state index in [2.05, 4.69) is 10.3 Å². The Morgan fingerprint density at radius 2 is 2.06 bits per heavy atom. The maximum atomic E-state index is 15.3. The molecule has 1 fully saturated rings. The molecule has 1 aliphatic heterocycles. The van der Waals surface area contributed by atoms with E-state index >= 15 is 4.39 Å². The average Bonchev–Trinajstić information content (AvgIpc) is 3.39. The summed E-state index contributed by atoms with van der Waals surface area (Å²) in [4.78, 5) is 27.3. The molecule has 0 bridgehead atoms. The van der Waals surface area contributed by atoms with Crippen LogP contribution in [0.2, 0.25) is 0 Å². The van der Waals surface area contributed by atoms with Crippen molar-refractivity contribution in [1.82, 2.24) is 10.3 Å². The SMILES string of the molecule is Cc1cc(O)c(-c2ccc([C@@]3(C(=O)O)CCCN3)c(F)c2)c2c1[nH]c(=O)c1sccc12. The molecular weight excluding hydrogens is 419 g/mol. The Morgan fingerprint density at radius 3 is 2.74 bits per heavy atom. The highest BCUT2D eigenvalue weighted by atomic mass is 32.1. The maximum absolute atomic E-state index is 15.3. The normalized spacial score (nSPS) is 18.8. The number of hydrogen-bond acceptors (Lipinski definition) is 5. The van der Waals surface area contributed by atoms with Crippen molar-refractivity contribution in [3.05, 3.63) is 63.0 Å². The molecular formula is C23H19FN2O4S. The Morgan fingerprint density at radius 1 is 1.26 bits per heavy atom. The lowest BCUT2D eigenvalue weighted by Crippen LogP contribution is -2.45. The monoisotopic (exact) mass is 438 g/mol. The van der Waals surface area contributed by atoms with Crippen LogP contribution in [0, 0.1) is 12.7 Å². The van der Waals surface area contributed by atoms with Crippen molar-refractivity contribution < 1.29 is 19.4 Å². The van der Waals surface area contributed by atoms with Crippen LogP contribution in [0.1, 0.15) is 24.0 Å². The van der Waals surface area contributed by atoms with Gasteiger partial charge in [0.1, 0.15) is 21.8 Å². The van der Waals surface area contributed by atoms with Gasteiger partial charge in [0.05, 0.1) is 5.52 Å². The van der Waals surface area contributed by atoms with Crippen molar-refractivity contribution in [2.75, 3.05) is 6.54 Å². The van der Waals surface area contributed by atoms with Gasteiger partial charge < -0.3 is 15.2 Å². The van der Waals surface area contributed by atoms with Gasteiger partial charge in [-0.3, -0.25) is 10.1 Å². The van der Waals surface area contributed by atoms with E-state index in [1.165, 1.54) is 29.5 Å². The number of aliphatic carboxylic acids is 1. The van der Waals surface area contributed by atoms with Crippen molar-refractivity contribution in [2.45, 2.75) is 25.3 Å². The predicted molar refractivity (Wildman–Crippen MR) is 118 cm³/mol. The Kier molecular flexibility index (Phi) is 4.39. The van der Waals surface area contributed by atoms with Gasteiger partial charge in [0.2, 0.25) is 0 Å². The summed E-state index contributed by atoms with van der Waals surface area (Å²) in [5.41, 5.74) is 0.481. The number of nitrogens with one attached hydrogen (secondary N) is 2. The molecule has 0 radical (unpaired) electrons. The van der Waals surface area contributed by atoms with Gasteiger partial charge in [0.25, 0.3) is 5.56 Å². The number of aromatic nitrogens is 1. The van der Waals surface area contributed by atoms with Crippen LogP contribution in [0.5, 0.6) is 5.75 Å². The average molecular weight is 438 g/mol. The first-order valence-corrected chi connectivity index (χ1v) is 10.8. The molecule has 1 atom stereocenters. The van der Waals surface area contributed by atoms with Crippen LogP contribution < -0.4 is 10.9 Å². The van der Waals surface area contributed by atoms with Crippen LogP contribution in [-0.2, 0) is 10.3 Å². The Labute approximate surface area is 180 Å². The molecule has 0 aliphatic carbocycles. The third kappa shape index (κ3) is 2.79. The number of halogens is 1. The molecule has 4 N–H and O–H groups in total. The van der Waals surface area contributed by atoms with Gasteiger partial charge in [-0.05, 0) is 61.0 Å². The molecule has 3 heterocycles. The zero-order chi connectivity index (χ0) is 21.9. The van der Waals surface area contributed by atoms with Gasteiger partial charge in [-0.15, -0.1) is 11.3 Å². The van der Waals surface area contributed by atoms with Gasteiger partial charge >= 0.3 is 5.97 Å². The molecule has 1 aliphatic rings. The number of phenolic OH excluding ortho intramolecular Hbond substituents is 1. The lowest BCUT2D eigenvalue weighted by atomic mass is 9.86. The first-order chi connectivity index (χ1) is 14.8. The Hall–Kier alpha value is -3.23. The number of aromatic amines is 1. The molecule has 2 aromatic carbocycles. The third-order valence-electron chi connectivity index (χ3n) is 6.12. The number of benzene rings is 2. The van der Waals surface area contributed by atoms with Crippen molar-refractivity contribution in [3.8, 4) is 16.9 Å². The van der Waals surface area contributed by atoms with Crippen LogP contribution in [0.15, 0.2) is 40.5 Å². The van der Waals surface area contributed by atoms with Gasteiger partial charge in [-0.1, -0.05) is 12.1 Å². The lowest BCUT2D eigenvalue weighted by molar-refractivity contribution is -0.144. The fourth-order valence-corrected chi connectivity index (χ4v) is 5.46. The second-order valence-corrected chi connectivity index (χ2v) is 8.81. The summed E-state index contributed by atoms with van der Waals surface area (Å²) < 4.78 is 15.8. The number of carbonyl (C=O) groups is 1. The van der Waals surface area contributed by atoms with Gasteiger partial charge in [0.15, 0.2) is 0 Å². The van der Waals surface area contributed by atoms with Gasteiger partial charge in [0, 0.05) is 21.9 Å². The highest BCUT2D eigenvalue weighted by molar-refractivity contribution is 7.17. The molecule has 0 amide bonds. The van der Waals surface area contributed by atoms with E-state index < -0.39 is 17.3 Å². The topological polar surface area (TPSA) is 102 Å². The predicted octanol–water partition coefficient (Wildman–Crippen LogP) is 4.23. The minimum atomic E-state index is -1.45. The molecule has 31 heavy (non-hydrogen) atoms. The largest absolute Gasteiger partial charge is 0.507 e. The van der Waals surface area contributed by atoms with Gasteiger partial charge in [-0.2, -0.15) is 0 Å². The van der Waals surface area contributed by atoms with Crippen LogP contribution in [0.3, 0.4) is 0 Å². The second kappa shape index (κ2) is 6.90. The van der Waals surface area contributed by atoms with E-state index in [0.717, 1.165) is 0 Å². The minimum absolute atomic E-state index is 0.0383. The zero-order valence-electron chi connectivity index (χ0n) is 16.6. The first-order valence-electron chi connectivity index (χ1n) is 9.88. The molecule has 0 unspecified atom stereocenters. The van der Waals surface area contributed by atoms with Crippen LogP contribution in [0.25, 0.3) is 32.1 Å². The zero-order valence-corrected chi connectivity index (χ0v) is 17.4. The third-order valence-corrected chi connectivity index (χ3v) is 7.03.